The summed E-state index contributed by atoms with van der Waals surface area (Å²) in [5.41, 5.74) is 4.34. The van der Waals surface area contributed by atoms with Crippen LogP contribution in [-0.2, 0) is 20.1 Å². The van der Waals surface area contributed by atoms with Crippen molar-refractivity contribution in [3.8, 4) is 0 Å². The number of hydrogen-bond donors (Lipinski definition) is 1. The van der Waals surface area contributed by atoms with Gasteiger partial charge < -0.3 is 0 Å². The molecule has 0 bridgehead atoms. The Kier molecular flexibility index (Phi) is 5.77. The van der Waals surface area contributed by atoms with E-state index in [1.54, 1.807) is 11.6 Å². The predicted molar refractivity (Wildman–Crippen MR) is 124 cm³/mol. The van der Waals surface area contributed by atoms with Crippen molar-refractivity contribution in [2.75, 3.05) is 11.4 Å². The van der Waals surface area contributed by atoms with E-state index >= 15 is 0 Å². The second-order valence-corrected chi connectivity index (χ2v) is 9.10. The van der Waals surface area contributed by atoms with E-state index in [2.05, 4.69) is 60.3 Å². The van der Waals surface area contributed by atoms with Crippen molar-refractivity contribution >= 4 is 22.8 Å². The third-order valence-corrected chi connectivity index (χ3v) is 6.56. The van der Waals surface area contributed by atoms with Crippen LogP contribution in [-0.4, -0.2) is 20.7 Å². The summed E-state index contributed by atoms with van der Waals surface area (Å²) in [4.78, 5) is 32.0. The van der Waals surface area contributed by atoms with Gasteiger partial charge in [-0.2, -0.15) is 0 Å². The van der Waals surface area contributed by atoms with Crippen molar-refractivity contribution in [3.63, 3.8) is 0 Å². The maximum atomic E-state index is 13.4. The van der Waals surface area contributed by atoms with Crippen LogP contribution in [0.2, 0.25) is 0 Å². The molecule has 0 saturated carbocycles. The number of fused-ring (bicyclic) bond motifs is 3. The van der Waals surface area contributed by atoms with E-state index in [1.165, 1.54) is 15.7 Å². The number of aromatic amines is 1. The largest absolute Gasteiger partial charge is 0.364 e. The summed E-state index contributed by atoms with van der Waals surface area (Å²) < 4.78 is 5.08. The molecule has 7 nitrogen and oxygen atoms in total. The number of hydrogen-bond acceptors (Lipinski definition) is 3. The van der Waals surface area contributed by atoms with Gasteiger partial charge in [-0.1, -0.05) is 39.2 Å². The Bertz CT molecular complexity index is 1230. The van der Waals surface area contributed by atoms with Crippen LogP contribution in [0.15, 0.2) is 27.8 Å². The van der Waals surface area contributed by atoms with Gasteiger partial charge in [-0.05, 0) is 43.5 Å². The summed E-state index contributed by atoms with van der Waals surface area (Å²) >= 11 is 0. The Morgan fingerprint density at radius 2 is 1.90 bits per heavy atom. The van der Waals surface area contributed by atoms with Gasteiger partial charge >= 0.3 is 11.6 Å². The third-order valence-electron chi connectivity index (χ3n) is 6.56. The van der Waals surface area contributed by atoms with Crippen molar-refractivity contribution < 1.29 is 4.57 Å². The van der Waals surface area contributed by atoms with E-state index < -0.39 is 0 Å². The van der Waals surface area contributed by atoms with Gasteiger partial charge in [0.1, 0.15) is 5.69 Å². The van der Waals surface area contributed by atoms with Crippen molar-refractivity contribution in [2.45, 2.75) is 66.5 Å². The molecule has 0 fully saturated rings. The lowest BCUT2D eigenvalue weighted by Gasteiger charge is -2.26. The molecule has 3 heterocycles. The van der Waals surface area contributed by atoms with Gasteiger partial charge in [0.25, 0.3) is 5.56 Å². The lowest BCUT2D eigenvalue weighted by atomic mass is 10.1. The summed E-state index contributed by atoms with van der Waals surface area (Å²) in [6.07, 6.45) is 4.12. The normalized spacial score (nSPS) is 16.2. The monoisotopic (exact) mass is 424 g/mol. The van der Waals surface area contributed by atoms with E-state index in [4.69, 9.17) is 0 Å². The van der Waals surface area contributed by atoms with Crippen LogP contribution in [0.1, 0.15) is 50.7 Å². The molecule has 1 aliphatic rings. The van der Waals surface area contributed by atoms with Gasteiger partial charge in [0.05, 0.1) is 13.1 Å². The lowest BCUT2D eigenvalue weighted by Crippen LogP contribution is -2.52. The number of benzene rings is 1. The Balaban J connectivity index is 1.87. The minimum absolute atomic E-state index is 0.189. The SMILES string of the molecule is CCCCCCn1c(=O)c2c([nH]c3[n+]2C[C@@H](C)CN3c2ccc(C)c(C)c2)n(C)c1=O. The predicted octanol–water partition coefficient (Wildman–Crippen LogP) is 3.30. The molecule has 4 rings (SSSR count). The number of rotatable bonds is 6. The topological polar surface area (TPSA) is 66.9 Å². The van der Waals surface area contributed by atoms with Crippen LogP contribution in [0.4, 0.5) is 11.6 Å². The van der Waals surface area contributed by atoms with Crippen LogP contribution >= 0.6 is 0 Å². The second kappa shape index (κ2) is 8.36. The lowest BCUT2D eigenvalue weighted by molar-refractivity contribution is -0.669. The Morgan fingerprint density at radius 1 is 1.13 bits per heavy atom. The molecule has 31 heavy (non-hydrogen) atoms. The molecule has 1 aromatic carbocycles. The smallest absolute Gasteiger partial charge is 0.267 e. The molecule has 0 unspecified atom stereocenters. The van der Waals surface area contributed by atoms with Crippen molar-refractivity contribution in [2.24, 2.45) is 13.0 Å². The third kappa shape index (κ3) is 3.70. The number of anilines is 2. The molecule has 3 aromatic rings. The molecule has 0 saturated heterocycles. The molecule has 0 spiro atoms. The fourth-order valence-electron chi connectivity index (χ4n) is 4.59. The standard InChI is InChI=1S/C24H33N5O2/c1-6-7-8-9-12-27-22(30)20-21(26(5)24(27)31)25-23-28(14-16(2)15-29(20)23)19-11-10-17(3)18(4)13-19/h10-11,13,16H,6-9,12,14-15H2,1-5H3/p+1/t16-/m0/s1. The number of nitrogens with zero attached hydrogens (tertiary/aromatic N) is 4. The zero-order valence-corrected chi connectivity index (χ0v) is 19.4. The van der Waals surface area contributed by atoms with Crippen LogP contribution in [0.25, 0.3) is 11.2 Å². The Labute approximate surface area is 182 Å². The van der Waals surface area contributed by atoms with E-state index in [9.17, 15) is 9.59 Å². The van der Waals surface area contributed by atoms with E-state index in [0.717, 1.165) is 50.4 Å². The fraction of sp³-hybridized carbons (Fsp3) is 0.542. The fourth-order valence-corrected chi connectivity index (χ4v) is 4.59. The van der Waals surface area contributed by atoms with Crippen molar-refractivity contribution in [3.05, 3.63) is 50.2 Å². The maximum Gasteiger partial charge on any atom is 0.364 e. The maximum absolute atomic E-state index is 13.4. The zero-order valence-electron chi connectivity index (χ0n) is 19.4. The summed E-state index contributed by atoms with van der Waals surface area (Å²) in [5.74, 6) is 1.24. The van der Waals surface area contributed by atoms with Gasteiger partial charge in [-0.3, -0.25) is 13.9 Å². The number of imidazole rings is 1. The molecular weight excluding hydrogens is 390 g/mol. The average molecular weight is 425 g/mol. The number of H-pyrrole nitrogens is 1. The van der Waals surface area contributed by atoms with Gasteiger partial charge in [-0.25, -0.2) is 19.2 Å². The van der Waals surface area contributed by atoms with Gasteiger partial charge in [-0.15, -0.1) is 0 Å². The number of unbranched alkanes of at least 4 members (excludes halogenated alkanes) is 3. The first-order valence-electron chi connectivity index (χ1n) is 11.4. The number of nitrogens with one attached hydrogen (secondary N) is 1. The summed E-state index contributed by atoms with van der Waals surface area (Å²) in [6.45, 7) is 10.7. The minimum Gasteiger partial charge on any atom is -0.267 e. The molecule has 0 radical (unpaired) electrons. The molecule has 1 atom stereocenters. The first kappa shape index (κ1) is 21.4. The Morgan fingerprint density at radius 3 is 2.61 bits per heavy atom. The van der Waals surface area contributed by atoms with Crippen molar-refractivity contribution in [1.82, 2.24) is 14.1 Å². The molecule has 1 aliphatic heterocycles. The highest BCUT2D eigenvalue weighted by atomic mass is 16.2. The molecule has 7 heteroatoms. The number of aromatic nitrogens is 4. The highest BCUT2D eigenvalue weighted by Crippen LogP contribution is 2.29. The Hall–Kier alpha value is -2.83. The minimum atomic E-state index is -0.251. The van der Waals surface area contributed by atoms with E-state index in [1.807, 2.05) is 0 Å². The molecule has 0 aliphatic carbocycles. The molecule has 0 amide bonds. The summed E-state index contributed by atoms with van der Waals surface area (Å²) in [7, 11) is 1.75. The van der Waals surface area contributed by atoms with Gasteiger partial charge in [0.2, 0.25) is 11.2 Å². The molecular formula is C24H34N5O2+. The average Bonchev–Trinajstić information content (AvgIpc) is 3.12. The van der Waals surface area contributed by atoms with Gasteiger partial charge in [0, 0.05) is 19.5 Å². The van der Waals surface area contributed by atoms with Crippen LogP contribution in [0, 0.1) is 19.8 Å². The van der Waals surface area contributed by atoms with E-state index in [-0.39, 0.29) is 11.2 Å². The van der Waals surface area contributed by atoms with Crippen LogP contribution in [0.5, 0.6) is 0 Å². The molecule has 166 valence electrons. The highest BCUT2D eigenvalue weighted by Gasteiger charge is 2.36. The quantitative estimate of drug-likeness (QED) is 0.488. The zero-order chi connectivity index (χ0) is 22.3. The van der Waals surface area contributed by atoms with Gasteiger partial charge in [0.15, 0.2) is 0 Å². The highest BCUT2D eigenvalue weighted by molar-refractivity contribution is 5.70. The first-order valence-corrected chi connectivity index (χ1v) is 11.4. The first-order chi connectivity index (χ1) is 14.8. The summed E-state index contributed by atoms with van der Waals surface area (Å²) in [5, 5.41) is 0. The van der Waals surface area contributed by atoms with Crippen molar-refractivity contribution in [1.29, 1.82) is 0 Å². The van der Waals surface area contributed by atoms with E-state index in [0.29, 0.717) is 23.6 Å². The molecule has 1 N–H and O–H groups in total. The molecule has 2 aromatic heterocycles. The summed E-state index contributed by atoms with van der Waals surface area (Å²) in [6, 6.07) is 6.45. The van der Waals surface area contributed by atoms with Crippen LogP contribution in [0.3, 0.4) is 0 Å². The van der Waals surface area contributed by atoms with Crippen LogP contribution < -0.4 is 20.7 Å². The second-order valence-electron chi connectivity index (χ2n) is 9.10. The number of aryl methyl sites for hydroxylation is 3.